The van der Waals surface area contributed by atoms with Crippen molar-refractivity contribution in [1.82, 2.24) is 25.3 Å². The highest BCUT2D eigenvalue weighted by atomic mass is 16.5. The summed E-state index contributed by atoms with van der Waals surface area (Å²) in [5, 5.41) is 10.6. The van der Waals surface area contributed by atoms with Gasteiger partial charge in [0.1, 0.15) is 0 Å². The third-order valence-electron chi connectivity index (χ3n) is 4.01. The Hall–Kier alpha value is -2.48. The van der Waals surface area contributed by atoms with Gasteiger partial charge in [-0.1, -0.05) is 0 Å². The summed E-state index contributed by atoms with van der Waals surface area (Å²) in [6.45, 7) is 4.88. The number of hydrogen-bond donors (Lipinski definition) is 1. The quantitative estimate of drug-likeness (QED) is 0.886. The van der Waals surface area contributed by atoms with Crippen molar-refractivity contribution in [3.63, 3.8) is 0 Å². The molecule has 0 radical (unpaired) electrons. The van der Waals surface area contributed by atoms with Crippen LogP contribution in [-0.4, -0.2) is 63.6 Å². The summed E-state index contributed by atoms with van der Waals surface area (Å²) in [4.78, 5) is 18.7. The van der Waals surface area contributed by atoms with E-state index in [1.807, 2.05) is 13.8 Å². The summed E-state index contributed by atoms with van der Waals surface area (Å²) in [7, 11) is 1.65. The van der Waals surface area contributed by atoms with Crippen molar-refractivity contribution < 1.29 is 14.3 Å². The molecule has 0 spiro atoms. The molecule has 0 aromatic carbocycles. The Bertz CT molecular complexity index is 689. The minimum Gasteiger partial charge on any atom is -0.475 e. The molecule has 24 heavy (non-hydrogen) atoms. The fourth-order valence-electron chi connectivity index (χ4n) is 2.88. The first-order valence-corrected chi connectivity index (χ1v) is 7.89. The van der Waals surface area contributed by atoms with Crippen LogP contribution in [0.25, 0.3) is 0 Å². The highest BCUT2D eigenvalue weighted by Gasteiger charge is 2.38. The Labute approximate surface area is 140 Å². The number of nitrogens with zero attached hydrogens (tertiary/aromatic N) is 4. The largest absolute Gasteiger partial charge is 0.475 e. The number of methoxy groups -OCH3 is 1. The highest BCUT2D eigenvalue weighted by Crippen LogP contribution is 2.29. The van der Waals surface area contributed by atoms with Crippen LogP contribution in [-0.2, 0) is 4.74 Å². The van der Waals surface area contributed by atoms with Crippen LogP contribution in [0.5, 0.6) is 5.88 Å². The zero-order chi connectivity index (χ0) is 17.1. The number of carbonyl (C=O) groups excluding carboxylic acids is 1. The minimum absolute atomic E-state index is 0.00376. The smallest absolute Gasteiger partial charge is 0.254 e. The lowest BCUT2D eigenvalue weighted by molar-refractivity contribution is 0.0713. The van der Waals surface area contributed by atoms with Crippen molar-refractivity contribution in [2.24, 2.45) is 0 Å². The molecule has 1 N–H and O–H groups in total. The third kappa shape index (κ3) is 3.38. The second kappa shape index (κ2) is 6.96. The van der Waals surface area contributed by atoms with Crippen molar-refractivity contribution in [2.75, 3.05) is 20.2 Å². The Kier molecular flexibility index (Phi) is 4.75. The summed E-state index contributed by atoms with van der Waals surface area (Å²) in [6, 6.07) is 3.37. The molecule has 0 bridgehead atoms. The molecule has 2 aromatic heterocycles. The van der Waals surface area contributed by atoms with E-state index in [0.29, 0.717) is 24.5 Å². The molecule has 0 saturated carbocycles. The van der Waals surface area contributed by atoms with Gasteiger partial charge in [0.2, 0.25) is 5.88 Å². The molecule has 2 atom stereocenters. The Morgan fingerprint density at radius 1 is 1.42 bits per heavy atom. The highest BCUT2D eigenvalue weighted by molar-refractivity contribution is 5.94. The van der Waals surface area contributed by atoms with Crippen LogP contribution >= 0.6 is 0 Å². The van der Waals surface area contributed by atoms with Crippen LogP contribution in [0, 0.1) is 0 Å². The fraction of sp³-hybridized carbons (Fsp3) is 0.500. The SMILES string of the molecule is CO[C@@H]1CN(C(=O)c2ccnc(OC(C)C)c2)C[C@H]1c1cn[nH]n1. The average Bonchev–Trinajstić information content (AvgIpc) is 3.22. The Balaban J connectivity index is 1.76. The van der Waals surface area contributed by atoms with E-state index in [0.717, 1.165) is 5.69 Å². The monoisotopic (exact) mass is 331 g/mol. The molecular weight excluding hydrogens is 310 g/mol. The lowest BCUT2D eigenvalue weighted by atomic mass is 10.0. The molecule has 8 nitrogen and oxygen atoms in total. The molecule has 1 aliphatic rings. The predicted octanol–water partition coefficient (Wildman–Crippen LogP) is 1.24. The van der Waals surface area contributed by atoms with Gasteiger partial charge in [0.15, 0.2) is 0 Å². The molecule has 0 aliphatic carbocycles. The minimum atomic E-state index is -0.104. The first-order chi connectivity index (χ1) is 11.6. The molecule has 2 aromatic rings. The number of carbonyl (C=O) groups is 1. The first kappa shape index (κ1) is 16.4. The Morgan fingerprint density at radius 2 is 2.25 bits per heavy atom. The lowest BCUT2D eigenvalue weighted by Gasteiger charge is -2.16. The van der Waals surface area contributed by atoms with Crippen molar-refractivity contribution in [1.29, 1.82) is 0 Å². The van der Waals surface area contributed by atoms with Gasteiger partial charge in [-0.25, -0.2) is 4.98 Å². The summed E-state index contributed by atoms with van der Waals surface area (Å²) >= 11 is 0. The van der Waals surface area contributed by atoms with E-state index < -0.39 is 0 Å². The number of likely N-dealkylation sites (tertiary alicyclic amines) is 1. The third-order valence-corrected chi connectivity index (χ3v) is 4.01. The van der Waals surface area contributed by atoms with E-state index in [2.05, 4.69) is 20.4 Å². The van der Waals surface area contributed by atoms with Crippen LogP contribution < -0.4 is 4.74 Å². The van der Waals surface area contributed by atoms with Crippen molar-refractivity contribution >= 4 is 5.91 Å². The van der Waals surface area contributed by atoms with Crippen LogP contribution in [0.15, 0.2) is 24.5 Å². The van der Waals surface area contributed by atoms with Gasteiger partial charge >= 0.3 is 0 Å². The van der Waals surface area contributed by atoms with E-state index in [9.17, 15) is 4.79 Å². The van der Waals surface area contributed by atoms with Crippen LogP contribution in [0.1, 0.15) is 35.8 Å². The molecule has 1 saturated heterocycles. The first-order valence-electron chi connectivity index (χ1n) is 7.89. The number of ether oxygens (including phenoxy) is 2. The number of hydrogen-bond acceptors (Lipinski definition) is 6. The van der Waals surface area contributed by atoms with Crippen LogP contribution in [0.4, 0.5) is 0 Å². The number of pyridine rings is 1. The summed E-state index contributed by atoms with van der Waals surface area (Å²) in [5.74, 6) is 0.386. The summed E-state index contributed by atoms with van der Waals surface area (Å²) in [5.41, 5.74) is 1.35. The van der Waals surface area contributed by atoms with Crippen LogP contribution in [0.3, 0.4) is 0 Å². The average molecular weight is 331 g/mol. The number of rotatable bonds is 5. The number of H-pyrrole nitrogens is 1. The van der Waals surface area contributed by atoms with Gasteiger partial charge < -0.3 is 14.4 Å². The van der Waals surface area contributed by atoms with Gasteiger partial charge in [0.05, 0.1) is 30.0 Å². The maximum Gasteiger partial charge on any atom is 0.254 e. The molecule has 128 valence electrons. The molecule has 0 unspecified atom stereocenters. The van der Waals surface area contributed by atoms with E-state index in [1.165, 1.54) is 0 Å². The molecular formula is C16H21N5O3. The number of aromatic nitrogens is 4. The number of nitrogens with one attached hydrogen (secondary N) is 1. The molecule has 1 fully saturated rings. The van der Waals surface area contributed by atoms with Crippen molar-refractivity contribution in [2.45, 2.75) is 32.0 Å². The number of amides is 1. The lowest BCUT2D eigenvalue weighted by Crippen LogP contribution is -2.30. The predicted molar refractivity (Wildman–Crippen MR) is 85.8 cm³/mol. The fourth-order valence-corrected chi connectivity index (χ4v) is 2.88. The maximum absolute atomic E-state index is 12.8. The van der Waals surface area contributed by atoms with Gasteiger partial charge in [-0.3, -0.25) is 4.79 Å². The topological polar surface area (TPSA) is 93.2 Å². The normalized spacial score (nSPS) is 20.6. The maximum atomic E-state index is 12.8. The van der Waals surface area contributed by atoms with Gasteiger partial charge in [-0.05, 0) is 19.9 Å². The zero-order valence-corrected chi connectivity index (χ0v) is 14.0. The Morgan fingerprint density at radius 3 is 2.92 bits per heavy atom. The van der Waals surface area contributed by atoms with Gasteiger partial charge in [-0.2, -0.15) is 15.4 Å². The van der Waals surface area contributed by atoms with Gasteiger partial charge in [0, 0.05) is 38.0 Å². The molecule has 1 aliphatic heterocycles. The van der Waals surface area contributed by atoms with Gasteiger partial charge in [0.25, 0.3) is 5.91 Å². The van der Waals surface area contributed by atoms with E-state index in [-0.39, 0.29) is 24.0 Å². The summed E-state index contributed by atoms with van der Waals surface area (Å²) < 4.78 is 11.1. The zero-order valence-electron chi connectivity index (χ0n) is 14.0. The molecule has 3 heterocycles. The van der Waals surface area contributed by atoms with E-state index >= 15 is 0 Å². The van der Waals surface area contributed by atoms with E-state index in [1.54, 1.807) is 36.5 Å². The molecule has 1 amide bonds. The molecule has 3 rings (SSSR count). The standard InChI is InChI=1S/C16H21N5O3/c1-10(2)24-15-6-11(4-5-17-15)16(22)21-8-12(14(9-21)23-3)13-7-18-20-19-13/h4-7,10,12,14H,8-9H2,1-3H3,(H,18,19,20)/t12-,14+/m0/s1. The number of aromatic amines is 1. The van der Waals surface area contributed by atoms with E-state index in [4.69, 9.17) is 9.47 Å². The second-order valence-corrected chi connectivity index (χ2v) is 6.04. The van der Waals surface area contributed by atoms with Crippen molar-refractivity contribution in [3.05, 3.63) is 35.8 Å². The second-order valence-electron chi connectivity index (χ2n) is 6.04. The molecule has 8 heteroatoms. The van der Waals surface area contributed by atoms with Crippen molar-refractivity contribution in [3.8, 4) is 5.88 Å². The van der Waals surface area contributed by atoms with Crippen LogP contribution in [0.2, 0.25) is 0 Å². The van der Waals surface area contributed by atoms with Gasteiger partial charge in [-0.15, -0.1) is 0 Å². The summed E-state index contributed by atoms with van der Waals surface area (Å²) in [6.07, 6.45) is 3.16.